The van der Waals surface area contributed by atoms with E-state index < -0.39 is 33.9 Å². The normalized spacial score (nSPS) is 14.7. The monoisotopic (exact) mass is 424 g/mol. The van der Waals surface area contributed by atoms with E-state index in [4.69, 9.17) is 4.42 Å². The number of non-ortho nitro benzene ring substituents is 1. The molecular formula is C18H12F4N4O4. The van der Waals surface area contributed by atoms with E-state index >= 15 is 0 Å². The molecule has 12 heteroatoms. The fraction of sp³-hybridized carbons (Fsp3) is 0.278. The van der Waals surface area contributed by atoms with Crippen molar-refractivity contribution < 1.29 is 26.9 Å². The highest BCUT2D eigenvalue weighted by molar-refractivity contribution is 5.85. The molecular weight excluding hydrogens is 412 g/mol. The highest BCUT2D eigenvalue weighted by Gasteiger charge is 2.35. The summed E-state index contributed by atoms with van der Waals surface area (Å²) in [5, 5.41) is 10.8. The number of rotatable bonds is 3. The Morgan fingerprint density at radius 1 is 1.30 bits per heavy atom. The predicted octanol–water partition coefficient (Wildman–Crippen LogP) is 3.21. The molecule has 3 aromatic rings. The summed E-state index contributed by atoms with van der Waals surface area (Å²) in [5.74, 6) is -2.14. The second-order valence-electron chi connectivity index (χ2n) is 6.77. The van der Waals surface area contributed by atoms with Gasteiger partial charge in [-0.3, -0.25) is 19.8 Å². The van der Waals surface area contributed by atoms with E-state index in [9.17, 15) is 32.5 Å². The zero-order valence-electron chi connectivity index (χ0n) is 15.1. The van der Waals surface area contributed by atoms with Crippen molar-refractivity contribution in [3.8, 4) is 0 Å². The molecule has 2 aromatic heterocycles. The summed E-state index contributed by atoms with van der Waals surface area (Å²) in [6.07, 6.45) is -2.22. The first-order chi connectivity index (χ1) is 14.1. The van der Waals surface area contributed by atoms with Crippen molar-refractivity contribution in [3.63, 3.8) is 0 Å². The smallest absolute Gasteiger partial charge is 0.451 e. The summed E-state index contributed by atoms with van der Waals surface area (Å²) < 4.78 is 57.2. The van der Waals surface area contributed by atoms with Crippen molar-refractivity contribution in [1.82, 2.24) is 14.9 Å². The van der Waals surface area contributed by atoms with Gasteiger partial charge in [-0.05, 0) is 6.07 Å². The SMILES string of the molecule is O=c1c(CN2CCc3nc(C(F)(F)F)ncc3C2)coc2c([N+](=O)[O-])cc(F)cc12. The van der Waals surface area contributed by atoms with Crippen molar-refractivity contribution in [1.29, 1.82) is 0 Å². The lowest BCUT2D eigenvalue weighted by Gasteiger charge is -2.27. The van der Waals surface area contributed by atoms with Crippen molar-refractivity contribution in [2.24, 2.45) is 0 Å². The molecule has 0 atom stereocenters. The Balaban J connectivity index is 1.62. The third-order valence-corrected chi connectivity index (χ3v) is 4.75. The number of nitro groups is 1. The lowest BCUT2D eigenvalue weighted by molar-refractivity contribution is -0.383. The third kappa shape index (κ3) is 3.61. The van der Waals surface area contributed by atoms with E-state index in [2.05, 4.69) is 9.97 Å². The molecule has 0 N–H and O–H groups in total. The number of nitrogens with zero attached hydrogens (tertiary/aromatic N) is 4. The molecule has 1 aliphatic rings. The van der Waals surface area contributed by atoms with Crippen LogP contribution in [0.5, 0.6) is 0 Å². The number of hydrogen-bond donors (Lipinski definition) is 0. The van der Waals surface area contributed by atoms with Gasteiger partial charge in [-0.25, -0.2) is 14.4 Å². The Morgan fingerprint density at radius 2 is 2.07 bits per heavy atom. The third-order valence-electron chi connectivity index (χ3n) is 4.75. The second kappa shape index (κ2) is 7.13. The minimum atomic E-state index is -4.63. The fourth-order valence-electron chi connectivity index (χ4n) is 3.36. The number of benzene rings is 1. The Kier molecular flexibility index (Phi) is 4.73. The van der Waals surface area contributed by atoms with E-state index in [0.29, 0.717) is 18.2 Å². The van der Waals surface area contributed by atoms with Crippen LogP contribution in [0, 0.1) is 15.9 Å². The van der Waals surface area contributed by atoms with E-state index in [1.807, 2.05) is 0 Å². The van der Waals surface area contributed by atoms with Crippen LogP contribution in [0.3, 0.4) is 0 Å². The molecule has 3 heterocycles. The Morgan fingerprint density at radius 3 is 2.77 bits per heavy atom. The highest BCUT2D eigenvalue weighted by atomic mass is 19.4. The van der Waals surface area contributed by atoms with E-state index in [1.54, 1.807) is 4.90 Å². The lowest BCUT2D eigenvalue weighted by atomic mass is 10.1. The van der Waals surface area contributed by atoms with Gasteiger partial charge in [0.2, 0.25) is 11.4 Å². The van der Waals surface area contributed by atoms with Gasteiger partial charge in [0.05, 0.1) is 28.3 Å². The molecule has 8 nitrogen and oxygen atoms in total. The maximum Gasteiger partial charge on any atom is 0.451 e. The van der Waals surface area contributed by atoms with Gasteiger partial charge in [0, 0.05) is 43.4 Å². The number of halogens is 4. The van der Waals surface area contributed by atoms with E-state index in [-0.39, 0.29) is 41.7 Å². The van der Waals surface area contributed by atoms with Crippen LogP contribution in [0.1, 0.15) is 22.6 Å². The summed E-state index contributed by atoms with van der Waals surface area (Å²) in [6, 6.07) is 1.54. The van der Waals surface area contributed by atoms with Crippen LogP contribution in [0.2, 0.25) is 0 Å². The molecule has 1 aliphatic heterocycles. The van der Waals surface area contributed by atoms with Crippen molar-refractivity contribution in [2.45, 2.75) is 25.7 Å². The molecule has 0 saturated heterocycles. The van der Waals surface area contributed by atoms with Gasteiger partial charge in [0.15, 0.2) is 5.43 Å². The van der Waals surface area contributed by atoms with Gasteiger partial charge >= 0.3 is 11.9 Å². The van der Waals surface area contributed by atoms with Gasteiger partial charge in [-0.2, -0.15) is 13.2 Å². The average molecular weight is 424 g/mol. The minimum absolute atomic E-state index is 0.0586. The van der Waals surface area contributed by atoms with Gasteiger partial charge in [-0.15, -0.1) is 0 Å². The fourth-order valence-corrected chi connectivity index (χ4v) is 3.36. The van der Waals surface area contributed by atoms with Crippen LogP contribution in [-0.4, -0.2) is 26.3 Å². The largest absolute Gasteiger partial charge is 0.456 e. The number of hydrogen-bond acceptors (Lipinski definition) is 7. The molecule has 0 aliphatic carbocycles. The first kappa shape index (κ1) is 19.9. The standard InChI is InChI=1S/C18H12F4N4O4/c19-11-3-12-15(27)10(8-30-16(12)14(4-11)26(28)29)7-25-2-1-13-9(6-25)5-23-17(24-13)18(20,21)22/h3-5,8H,1-2,6-7H2. The Bertz CT molecular complexity index is 1230. The molecule has 4 rings (SSSR count). The summed E-state index contributed by atoms with van der Waals surface area (Å²) in [7, 11) is 0. The van der Waals surface area contributed by atoms with Gasteiger partial charge < -0.3 is 4.42 Å². The van der Waals surface area contributed by atoms with Crippen molar-refractivity contribution >= 4 is 16.7 Å². The molecule has 0 bridgehead atoms. The molecule has 1 aromatic carbocycles. The summed E-state index contributed by atoms with van der Waals surface area (Å²) in [5.41, 5.74) is -0.671. The summed E-state index contributed by atoms with van der Waals surface area (Å²) in [6.45, 7) is 0.583. The van der Waals surface area contributed by atoms with Crippen LogP contribution < -0.4 is 5.43 Å². The zero-order chi connectivity index (χ0) is 21.6. The van der Waals surface area contributed by atoms with E-state index in [0.717, 1.165) is 18.5 Å². The highest BCUT2D eigenvalue weighted by Crippen LogP contribution is 2.29. The maximum absolute atomic E-state index is 13.7. The van der Waals surface area contributed by atoms with Gasteiger partial charge in [-0.1, -0.05) is 0 Å². The number of nitro benzene ring substituents is 1. The topological polar surface area (TPSA) is 102 Å². The molecule has 0 spiro atoms. The van der Waals surface area contributed by atoms with Crippen molar-refractivity contribution in [3.05, 3.63) is 73.4 Å². The van der Waals surface area contributed by atoms with Crippen LogP contribution in [-0.2, 0) is 25.7 Å². The van der Waals surface area contributed by atoms with Gasteiger partial charge in [0.25, 0.3) is 0 Å². The first-order valence-corrected chi connectivity index (χ1v) is 8.66. The molecule has 30 heavy (non-hydrogen) atoms. The number of alkyl halides is 3. The van der Waals surface area contributed by atoms with Crippen LogP contribution in [0.25, 0.3) is 11.0 Å². The van der Waals surface area contributed by atoms with Crippen LogP contribution in [0.4, 0.5) is 23.2 Å². The quantitative estimate of drug-likeness (QED) is 0.361. The number of aromatic nitrogens is 2. The average Bonchev–Trinajstić information content (AvgIpc) is 2.68. The molecule has 0 fully saturated rings. The zero-order valence-corrected chi connectivity index (χ0v) is 15.1. The number of fused-ring (bicyclic) bond motifs is 2. The predicted molar refractivity (Wildman–Crippen MR) is 93.9 cm³/mol. The van der Waals surface area contributed by atoms with Gasteiger partial charge in [0.1, 0.15) is 5.82 Å². The lowest BCUT2D eigenvalue weighted by Crippen LogP contribution is -2.33. The summed E-state index contributed by atoms with van der Waals surface area (Å²) >= 11 is 0. The van der Waals surface area contributed by atoms with Crippen LogP contribution >= 0.6 is 0 Å². The minimum Gasteiger partial charge on any atom is -0.456 e. The van der Waals surface area contributed by atoms with E-state index in [1.165, 1.54) is 0 Å². The summed E-state index contributed by atoms with van der Waals surface area (Å²) in [4.78, 5) is 31.6. The van der Waals surface area contributed by atoms with Crippen molar-refractivity contribution in [2.75, 3.05) is 6.54 Å². The Labute approximate surface area is 164 Å². The Hall–Kier alpha value is -3.41. The molecule has 156 valence electrons. The molecule has 0 amide bonds. The molecule has 0 saturated carbocycles. The maximum atomic E-state index is 13.7. The molecule has 0 unspecified atom stereocenters. The first-order valence-electron chi connectivity index (χ1n) is 8.66. The van der Waals surface area contributed by atoms with Crippen LogP contribution in [0.15, 0.2) is 33.8 Å². The second-order valence-corrected chi connectivity index (χ2v) is 6.77. The molecule has 0 radical (unpaired) electrons.